The van der Waals surface area contributed by atoms with Crippen LogP contribution in [0, 0.1) is 6.92 Å². The van der Waals surface area contributed by atoms with Gasteiger partial charge in [0.15, 0.2) is 0 Å². The van der Waals surface area contributed by atoms with Gasteiger partial charge in [0, 0.05) is 12.0 Å². The molecule has 2 heterocycles. The van der Waals surface area contributed by atoms with Gasteiger partial charge in [0.2, 0.25) is 5.09 Å². The first-order chi connectivity index (χ1) is 7.73. The Morgan fingerprint density at radius 2 is 2.00 bits per heavy atom. The number of furan rings is 1. The Morgan fingerprint density at radius 1 is 1.35 bits per heavy atom. The number of nitrogens with zero attached hydrogens (tertiary/aromatic N) is 1. The van der Waals surface area contributed by atoms with Gasteiger partial charge in [-0.1, -0.05) is 0 Å². The number of hydrogen-bond donors (Lipinski definition) is 0. The van der Waals surface area contributed by atoms with E-state index in [1.54, 1.807) is 26.8 Å². The van der Waals surface area contributed by atoms with Crippen molar-refractivity contribution in [1.29, 1.82) is 0 Å². The first-order valence-corrected chi connectivity index (χ1v) is 6.78. The van der Waals surface area contributed by atoms with Gasteiger partial charge in [-0.05, 0) is 32.9 Å². The molecule has 1 fully saturated rings. The van der Waals surface area contributed by atoms with Crippen LogP contribution in [0.25, 0.3) is 0 Å². The molecular weight excluding hydrogens is 242 g/mol. The van der Waals surface area contributed by atoms with E-state index < -0.39 is 15.6 Å². The number of ketones is 1. The van der Waals surface area contributed by atoms with Crippen molar-refractivity contribution >= 4 is 15.8 Å². The Balaban J connectivity index is 2.43. The zero-order chi connectivity index (χ0) is 12.8. The molecule has 0 saturated carbocycles. The summed E-state index contributed by atoms with van der Waals surface area (Å²) < 4.78 is 30.9. The van der Waals surface area contributed by atoms with E-state index in [0.717, 1.165) is 0 Å². The minimum Gasteiger partial charge on any atom is -0.449 e. The Bertz CT molecular complexity index is 556. The van der Waals surface area contributed by atoms with E-state index in [0.29, 0.717) is 5.76 Å². The van der Waals surface area contributed by atoms with Crippen molar-refractivity contribution in [1.82, 2.24) is 4.31 Å². The molecule has 2 rings (SSSR count). The highest BCUT2D eigenvalue weighted by atomic mass is 32.2. The van der Waals surface area contributed by atoms with Crippen molar-refractivity contribution in [3.8, 4) is 0 Å². The number of carbonyl (C=O) groups is 1. The molecular formula is C11H15NO4S. The van der Waals surface area contributed by atoms with Crippen molar-refractivity contribution in [2.45, 2.75) is 37.8 Å². The Labute approximate surface area is 100 Å². The van der Waals surface area contributed by atoms with Crippen molar-refractivity contribution in [2.24, 2.45) is 0 Å². The Hall–Kier alpha value is -1.14. The maximum atomic E-state index is 12.3. The Kier molecular flexibility index (Phi) is 2.67. The van der Waals surface area contributed by atoms with Crippen LogP contribution in [0.2, 0.25) is 0 Å². The SMILES string of the molecule is Cc1ccc(S(=O)(=O)N2CC(=O)CC2(C)C)o1. The van der Waals surface area contributed by atoms with Crippen LogP contribution in [0.15, 0.2) is 21.6 Å². The molecule has 0 unspecified atom stereocenters. The summed E-state index contributed by atoms with van der Waals surface area (Å²) in [5.41, 5.74) is -0.684. The molecule has 0 aromatic carbocycles. The van der Waals surface area contributed by atoms with Gasteiger partial charge in [-0.25, -0.2) is 8.42 Å². The number of sulfonamides is 1. The highest BCUT2D eigenvalue weighted by molar-refractivity contribution is 7.89. The summed E-state index contributed by atoms with van der Waals surface area (Å²) in [6.45, 7) is 5.09. The molecule has 1 aliphatic rings. The van der Waals surface area contributed by atoms with Gasteiger partial charge in [-0.3, -0.25) is 4.79 Å². The zero-order valence-electron chi connectivity index (χ0n) is 10.1. The smallest absolute Gasteiger partial charge is 0.277 e. The number of rotatable bonds is 2. The van der Waals surface area contributed by atoms with E-state index >= 15 is 0 Å². The summed E-state index contributed by atoms with van der Waals surface area (Å²) in [4.78, 5) is 11.4. The van der Waals surface area contributed by atoms with Crippen molar-refractivity contribution in [3.63, 3.8) is 0 Å². The fourth-order valence-corrected chi connectivity index (χ4v) is 3.79. The molecule has 1 aromatic rings. The maximum absolute atomic E-state index is 12.3. The molecule has 0 radical (unpaired) electrons. The van der Waals surface area contributed by atoms with Gasteiger partial charge in [-0.2, -0.15) is 4.31 Å². The molecule has 0 spiro atoms. The zero-order valence-corrected chi connectivity index (χ0v) is 10.9. The predicted octanol–water partition coefficient (Wildman–Crippen LogP) is 1.33. The van der Waals surface area contributed by atoms with Crippen LogP contribution in [0.5, 0.6) is 0 Å². The normalized spacial score (nSPS) is 21.0. The monoisotopic (exact) mass is 257 g/mol. The number of hydrogen-bond acceptors (Lipinski definition) is 4. The number of aryl methyl sites for hydroxylation is 1. The fourth-order valence-electron chi connectivity index (χ4n) is 2.07. The van der Waals surface area contributed by atoms with Gasteiger partial charge < -0.3 is 4.42 Å². The minimum atomic E-state index is -3.71. The molecule has 6 heteroatoms. The van der Waals surface area contributed by atoms with Crippen LogP contribution in [0.4, 0.5) is 0 Å². The molecule has 0 aliphatic carbocycles. The standard InChI is InChI=1S/C11H15NO4S/c1-8-4-5-10(16-8)17(14,15)12-7-9(13)6-11(12,2)3/h4-5H,6-7H2,1-3H3. The van der Waals surface area contributed by atoms with E-state index in [1.807, 2.05) is 0 Å². The van der Waals surface area contributed by atoms with Crippen LogP contribution < -0.4 is 0 Å². The minimum absolute atomic E-state index is 0.0677. The topological polar surface area (TPSA) is 67.6 Å². The van der Waals surface area contributed by atoms with Crippen molar-refractivity contribution < 1.29 is 17.6 Å². The lowest BCUT2D eigenvalue weighted by molar-refractivity contribution is -0.116. The second kappa shape index (κ2) is 3.68. The van der Waals surface area contributed by atoms with E-state index in [-0.39, 0.29) is 23.8 Å². The number of carbonyl (C=O) groups excluding carboxylic acids is 1. The summed E-state index contributed by atoms with van der Waals surface area (Å²) in [7, 11) is -3.71. The Morgan fingerprint density at radius 3 is 2.41 bits per heavy atom. The molecule has 0 atom stereocenters. The highest BCUT2D eigenvalue weighted by Crippen LogP contribution is 2.32. The molecule has 1 aromatic heterocycles. The highest BCUT2D eigenvalue weighted by Gasteiger charge is 2.46. The van der Waals surface area contributed by atoms with E-state index in [2.05, 4.69) is 0 Å². The van der Waals surface area contributed by atoms with Gasteiger partial charge in [0.05, 0.1) is 6.54 Å². The lowest BCUT2D eigenvalue weighted by Gasteiger charge is -2.28. The molecule has 0 amide bonds. The molecule has 0 bridgehead atoms. The summed E-state index contributed by atoms with van der Waals surface area (Å²) in [5, 5.41) is -0.0993. The van der Waals surface area contributed by atoms with Gasteiger partial charge in [0.1, 0.15) is 11.5 Å². The molecule has 94 valence electrons. The molecule has 1 aliphatic heterocycles. The average molecular weight is 257 g/mol. The molecule has 17 heavy (non-hydrogen) atoms. The lowest BCUT2D eigenvalue weighted by atomic mass is 10.0. The van der Waals surface area contributed by atoms with Gasteiger partial charge in [0.25, 0.3) is 10.0 Å². The fraction of sp³-hybridized carbons (Fsp3) is 0.545. The third-order valence-corrected chi connectivity index (χ3v) is 4.82. The van der Waals surface area contributed by atoms with E-state index in [9.17, 15) is 13.2 Å². The van der Waals surface area contributed by atoms with Gasteiger partial charge >= 0.3 is 0 Å². The summed E-state index contributed by atoms with van der Waals surface area (Å²) in [5.74, 6) is 0.466. The molecule has 1 saturated heterocycles. The largest absolute Gasteiger partial charge is 0.449 e. The van der Waals surface area contributed by atoms with Crippen LogP contribution >= 0.6 is 0 Å². The van der Waals surface area contributed by atoms with Crippen molar-refractivity contribution in [3.05, 3.63) is 17.9 Å². The second-order valence-electron chi connectivity index (χ2n) is 4.90. The van der Waals surface area contributed by atoms with E-state index in [4.69, 9.17) is 4.42 Å². The maximum Gasteiger partial charge on any atom is 0.277 e. The van der Waals surface area contributed by atoms with Crippen LogP contribution in [-0.2, 0) is 14.8 Å². The third kappa shape index (κ3) is 2.02. The number of Topliss-reactive ketones (excluding diaryl/α,β-unsaturated/α-hetero) is 1. The average Bonchev–Trinajstić information content (AvgIpc) is 2.70. The molecule has 0 N–H and O–H groups in total. The second-order valence-corrected chi connectivity index (χ2v) is 6.70. The first kappa shape index (κ1) is 12.3. The van der Waals surface area contributed by atoms with E-state index in [1.165, 1.54) is 10.4 Å². The van der Waals surface area contributed by atoms with Crippen molar-refractivity contribution in [2.75, 3.05) is 6.54 Å². The summed E-state index contributed by atoms with van der Waals surface area (Å²) in [6, 6.07) is 3.02. The summed E-state index contributed by atoms with van der Waals surface area (Å²) >= 11 is 0. The first-order valence-electron chi connectivity index (χ1n) is 5.34. The quantitative estimate of drug-likeness (QED) is 0.801. The van der Waals surface area contributed by atoms with Crippen LogP contribution in [0.3, 0.4) is 0 Å². The van der Waals surface area contributed by atoms with Gasteiger partial charge in [-0.15, -0.1) is 0 Å². The third-order valence-electron chi connectivity index (χ3n) is 2.88. The molecule has 5 nitrogen and oxygen atoms in total. The van der Waals surface area contributed by atoms with Crippen LogP contribution in [0.1, 0.15) is 26.0 Å². The lowest BCUT2D eigenvalue weighted by Crippen LogP contribution is -2.42. The predicted molar refractivity (Wildman–Crippen MR) is 61.0 cm³/mol. The summed E-state index contributed by atoms with van der Waals surface area (Å²) in [6.07, 6.45) is 0.242. The van der Waals surface area contributed by atoms with Crippen LogP contribution in [-0.4, -0.2) is 30.6 Å².